The van der Waals surface area contributed by atoms with Gasteiger partial charge in [-0.15, -0.1) is 23.2 Å². The summed E-state index contributed by atoms with van der Waals surface area (Å²) in [6.07, 6.45) is 0.253. The van der Waals surface area contributed by atoms with Gasteiger partial charge in [-0.05, 0) is 20.8 Å². The molecule has 0 N–H and O–H groups in total. The van der Waals surface area contributed by atoms with Crippen molar-refractivity contribution in [1.29, 1.82) is 0 Å². The van der Waals surface area contributed by atoms with Crippen LogP contribution in [0.5, 0.6) is 0 Å². The third kappa shape index (κ3) is 40.5. The molecule has 66 valence electrons. The predicted octanol–water partition coefficient (Wildman–Crippen LogP) is 2.36. The van der Waals surface area contributed by atoms with Crippen molar-refractivity contribution in [2.75, 3.05) is 0 Å². The molecular formula is C7H12Cl2O2. The molecule has 0 fully saturated rings. The lowest BCUT2D eigenvalue weighted by Crippen LogP contribution is -1.95. The number of halogens is 2. The Bertz CT molecular complexity index is 128. The Kier molecular flexibility index (Phi) is 9.85. The number of ketones is 2. The van der Waals surface area contributed by atoms with Gasteiger partial charge in [-0.3, -0.25) is 4.79 Å². The number of carbonyl (C=O) groups excluding carboxylic acids is 2. The zero-order chi connectivity index (χ0) is 9.44. The quantitative estimate of drug-likeness (QED) is 0.639. The van der Waals surface area contributed by atoms with Gasteiger partial charge in [-0.2, -0.15) is 0 Å². The summed E-state index contributed by atoms with van der Waals surface area (Å²) in [7, 11) is 0. The summed E-state index contributed by atoms with van der Waals surface area (Å²) < 4.78 is 0. The Morgan fingerprint density at radius 2 is 1.45 bits per heavy atom. The van der Waals surface area contributed by atoms with Crippen LogP contribution < -0.4 is 0 Å². The number of hydrogen-bond acceptors (Lipinski definition) is 2. The Hall–Kier alpha value is -0.0800. The van der Waals surface area contributed by atoms with Crippen molar-refractivity contribution in [3.8, 4) is 0 Å². The Morgan fingerprint density at radius 1 is 1.18 bits per heavy atom. The first-order valence-corrected chi connectivity index (χ1v) is 3.98. The van der Waals surface area contributed by atoms with Crippen molar-refractivity contribution in [2.45, 2.75) is 32.0 Å². The molecule has 0 aromatic rings. The summed E-state index contributed by atoms with van der Waals surface area (Å²) in [5.74, 6) is 0.190. The molecule has 0 saturated heterocycles. The Balaban J connectivity index is 0. The van der Waals surface area contributed by atoms with E-state index in [1.165, 1.54) is 20.8 Å². The monoisotopic (exact) mass is 198 g/mol. The zero-order valence-electron chi connectivity index (χ0n) is 6.86. The molecule has 4 heteroatoms. The SMILES string of the molecule is CC(=O)CC(Cl)Cl.CC(C)=O. The van der Waals surface area contributed by atoms with Crippen LogP contribution in [0.2, 0.25) is 0 Å². The highest BCUT2D eigenvalue weighted by Crippen LogP contribution is 2.05. The summed E-state index contributed by atoms with van der Waals surface area (Å²) >= 11 is 10.4. The van der Waals surface area contributed by atoms with E-state index in [2.05, 4.69) is 0 Å². The summed E-state index contributed by atoms with van der Waals surface area (Å²) in [5.41, 5.74) is 0. The van der Waals surface area contributed by atoms with E-state index in [9.17, 15) is 9.59 Å². The van der Waals surface area contributed by atoms with E-state index in [4.69, 9.17) is 23.2 Å². The first kappa shape index (κ1) is 13.5. The molecule has 0 aliphatic carbocycles. The van der Waals surface area contributed by atoms with Crippen molar-refractivity contribution < 1.29 is 9.59 Å². The second-order valence-corrected chi connectivity index (χ2v) is 3.48. The van der Waals surface area contributed by atoms with Crippen molar-refractivity contribution in [3.05, 3.63) is 0 Å². The minimum atomic E-state index is -0.530. The zero-order valence-corrected chi connectivity index (χ0v) is 8.37. The molecule has 0 heterocycles. The van der Waals surface area contributed by atoms with Crippen LogP contribution in [0.4, 0.5) is 0 Å². The average Bonchev–Trinajstić information content (AvgIpc) is 1.56. The molecule has 2 nitrogen and oxygen atoms in total. The second-order valence-electron chi connectivity index (χ2n) is 2.21. The van der Waals surface area contributed by atoms with Crippen LogP contribution in [-0.2, 0) is 9.59 Å². The van der Waals surface area contributed by atoms with Gasteiger partial charge in [0.2, 0.25) is 0 Å². The summed E-state index contributed by atoms with van der Waals surface area (Å²) in [4.78, 5) is 19.0. The molecule has 0 aromatic carbocycles. The highest BCUT2D eigenvalue weighted by Gasteiger charge is 2.00. The number of carbonyl (C=O) groups is 2. The maximum Gasteiger partial charge on any atom is 0.132 e. The van der Waals surface area contributed by atoms with Crippen molar-refractivity contribution in [2.24, 2.45) is 0 Å². The van der Waals surface area contributed by atoms with Crippen LogP contribution in [0.3, 0.4) is 0 Å². The van der Waals surface area contributed by atoms with Gasteiger partial charge < -0.3 is 4.79 Å². The van der Waals surface area contributed by atoms with E-state index in [0.29, 0.717) is 0 Å². The van der Waals surface area contributed by atoms with E-state index in [1.54, 1.807) is 0 Å². The van der Waals surface area contributed by atoms with Crippen LogP contribution >= 0.6 is 23.2 Å². The van der Waals surface area contributed by atoms with Crippen LogP contribution in [0.15, 0.2) is 0 Å². The van der Waals surface area contributed by atoms with Crippen molar-refractivity contribution in [1.82, 2.24) is 0 Å². The van der Waals surface area contributed by atoms with Gasteiger partial charge in [0, 0.05) is 6.42 Å². The molecule has 11 heavy (non-hydrogen) atoms. The molecule has 0 aromatic heterocycles. The van der Waals surface area contributed by atoms with Crippen LogP contribution in [0.25, 0.3) is 0 Å². The van der Waals surface area contributed by atoms with Crippen LogP contribution in [0, 0.1) is 0 Å². The fraction of sp³-hybridized carbons (Fsp3) is 0.714. The van der Waals surface area contributed by atoms with Gasteiger partial charge in [-0.1, -0.05) is 0 Å². The van der Waals surface area contributed by atoms with Crippen molar-refractivity contribution in [3.63, 3.8) is 0 Å². The van der Waals surface area contributed by atoms with Crippen molar-refractivity contribution >= 4 is 34.8 Å². The minimum absolute atomic E-state index is 0.0231. The lowest BCUT2D eigenvalue weighted by atomic mass is 10.4. The van der Waals surface area contributed by atoms with Gasteiger partial charge in [0.15, 0.2) is 0 Å². The molecule has 0 unspecified atom stereocenters. The van der Waals surface area contributed by atoms with Gasteiger partial charge in [0.1, 0.15) is 16.4 Å². The number of Topliss-reactive ketones (excluding diaryl/α,β-unsaturated/α-hetero) is 2. The fourth-order valence-electron chi connectivity index (χ4n) is 0.217. The van der Waals surface area contributed by atoms with E-state index in [1.807, 2.05) is 0 Å². The molecule has 0 amide bonds. The fourth-order valence-corrected chi connectivity index (χ4v) is 0.652. The summed E-state index contributed by atoms with van der Waals surface area (Å²) in [5, 5.41) is 0. The summed E-state index contributed by atoms with van der Waals surface area (Å²) in [6, 6.07) is 0. The highest BCUT2D eigenvalue weighted by atomic mass is 35.5. The maximum absolute atomic E-state index is 10.1. The number of hydrogen-bond donors (Lipinski definition) is 0. The first-order valence-electron chi connectivity index (χ1n) is 3.11. The number of rotatable bonds is 2. The van der Waals surface area contributed by atoms with E-state index in [-0.39, 0.29) is 18.0 Å². The van der Waals surface area contributed by atoms with Gasteiger partial charge in [0.25, 0.3) is 0 Å². The maximum atomic E-state index is 10.1. The average molecular weight is 199 g/mol. The normalized spacial score (nSPS) is 8.55. The van der Waals surface area contributed by atoms with E-state index >= 15 is 0 Å². The predicted molar refractivity (Wildman–Crippen MR) is 47.1 cm³/mol. The van der Waals surface area contributed by atoms with E-state index < -0.39 is 4.84 Å². The molecule has 0 aliphatic rings. The lowest BCUT2D eigenvalue weighted by molar-refractivity contribution is -0.117. The standard InChI is InChI=1S/C4H6Cl2O.C3H6O/c1-3(7)2-4(5)6;1-3(2)4/h4H,2H2,1H3;1-2H3. The lowest BCUT2D eigenvalue weighted by Gasteiger charge is -1.90. The minimum Gasteiger partial charge on any atom is -0.300 e. The topological polar surface area (TPSA) is 34.1 Å². The molecule has 0 radical (unpaired) electrons. The van der Waals surface area contributed by atoms with Gasteiger partial charge >= 0.3 is 0 Å². The number of alkyl halides is 2. The third-order valence-corrected chi connectivity index (χ3v) is 0.750. The molecule has 0 saturated carbocycles. The summed E-state index contributed by atoms with van der Waals surface area (Å²) in [6.45, 7) is 4.51. The largest absolute Gasteiger partial charge is 0.300 e. The highest BCUT2D eigenvalue weighted by molar-refractivity contribution is 6.45. The van der Waals surface area contributed by atoms with Crippen LogP contribution in [0.1, 0.15) is 27.2 Å². The molecule has 0 spiro atoms. The molecule has 0 aliphatic heterocycles. The van der Waals surface area contributed by atoms with E-state index in [0.717, 1.165) is 0 Å². The Morgan fingerprint density at radius 3 is 1.45 bits per heavy atom. The first-order chi connectivity index (χ1) is 4.86. The molecule has 0 rings (SSSR count). The van der Waals surface area contributed by atoms with Gasteiger partial charge in [-0.25, -0.2) is 0 Å². The Labute approximate surface area is 76.9 Å². The molecular weight excluding hydrogens is 187 g/mol. The third-order valence-electron chi connectivity index (χ3n) is 0.442. The smallest absolute Gasteiger partial charge is 0.132 e. The van der Waals surface area contributed by atoms with Gasteiger partial charge in [0.05, 0.1) is 0 Å². The molecule has 0 atom stereocenters. The second kappa shape index (κ2) is 8.02. The van der Waals surface area contributed by atoms with Crippen LogP contribution in [-0.4, -0.2) is 16.4 Å². The molecule has 0 bridgehead atoms.